The summed E-state index contributed by atoms with van der Waals surface area (Å²) in [5.41, 5.74) is 1.43. The van der Waals surface area contributed by atoms with Gasteiger partial charge in [-0.3, -0.25) is 0 Å². The SMILES string of the molecule is c1ccc([Si]2(c3ccccc3)c3ccccc3-c3sc4ccccc4c32)cc1. The summed E-state index contributed by atoms with van der Waals surface area (Å²) < 4.78 is 1.39. The molecule has 0 saturated heterocycles. The van der Waals surface area contributed by atoms with Gasteiger partial charge in [-0.05, 0) is 37.8 Å². The molecule has 0 amide bonds. The number of thiophene rings is 1. The van der Waals surface area contributed by atoms with Gasteiger partial charge in [0.05, 0.1) is 0 Å². The lowest BCUT2D eigenvalue weighted by Gasteiger charge is -2.31. The van der Waals surface area contributed by atoms with Crippen LogP contribution in [0.25, 0.3) is 20.5 Å². The third-order valence-electron chi connectivity index (χ3n) is 5.96. The van der Waals surface area contributed by atoms with Crippen molar-refractivity contribution in [3.8, 4) is 10.4 Å². The van der Waals surface area contributed by atoms with Crippen molar-refractivity contribution in [2.45, 2.75) is 0 Å². The van der Waals surface area contributed by atoms with E-state index in [9.17, 15) is 0 Å². The van der Waals surface area contributed by atoms with E-state index in [-0.39, 0.29) is 0 Å². The van der Waals surface area contributed by atoms with Crippen LogP contribution in [0.2, 0.25) is 0 Å². The third kappa shape index (κ3) is 1.99. The van der Waals surface area contributed by atoms with E-state index in [4.69, 9.17) is 0 Å². The Bertz CT molecular complexity index is 1260. The second-order valence-electron chi connectivity index (χ2n) is 7.33. The molecule has 5 aromatic rings. The van der Waals surface area contributed by atoms with E-state index in [1.165, 1.54) is 36.1 Å². The van der Waals surface area contributed by atoms with Crippen LogP contribution in [0.15, 0.2) is 109 Å². The van der Waals surface area contributed by atoms with Crippen molar-refractivity contribution in [2.75, 3.05) is 0 Å². The van der Waals surface area contributed by atoms with Gasteiger partial charge in [-0.1, -0.05) is 103 Å². The number of rotatable bonds is 2. The van der Waals surface area contributed by atoms with Gasteiger partial charge in [0.15, 0.2) is 8.07 Å². The van der Waals surface area contributed by atoms with Gasteiger partial charge in [-0.25, -0.2) is 0 Å². The van der Waals surface area contributed by atoms with Crippen LogP contribution in [-0.4, -0.2) is 8.07 Å². The predicted octanol–water partition coefficient (Wildman–Crippen LogP) is 4.26. The first-order valence-electron chi connectivity index (χ1n) is 9.63. The van der Waals surface area contributed by atoms with Crippen LogP contribution in [0.5, 0.6) is 0 Å². The Kier molecular flexibility index (Phi) is 3.46. The van der Waals surface area contributed by atoms with Crippen LogP contribution in [-0.2, 0) is 0 Å². The minimum Gasteiger partial charge on any atom is -0.135 e. The van der Waals surface area contributed by atoms with E-state index < -0.39 is 8.07 Å². The van der Waals surface area contributed by atoms with Crippen molar-refractivity contribution in [2.24, 2.45) is 0 Å². The maximum atomic E-state index is 2.38. The highest BCUT2D eigenvalue weighted by molar-refractivity contribution is 7.32. The molecule has 0 aliphatic carbocycles. The first kappa shape index (κ1) is 16.1. The fourth-order valence-electron chi connectivity index (χ4n) is 4.89. The zero-order valence-electron chi connectivity index (χ0n) is 15.3. The molecule has 1 aromatic heterocycles. The second kappa shape index (κ2) is 6.03. The van der Waals surface area contributed by atoms with Crippen molar-refractivity contribution in [3.05, 3.63) is 109 Å². The fraction of sp³-hybridized carbons (Fsp3) is 0. The van der Waals surface area contributed by atoms with Crippen LogP contribution in [0.3, 0.4) is 0 Å². The normalized spacial score (nSPS) is 14.0. The number of fused-ring (bicyclic) bond motifs is 5. The molecule has 0 saturated carbocycles. The molecule has 1 aliphatic heterocycles. The summed E-state index contributed by atoms with van der Waals surface area (Å²) in [5.74, 6) is 0. The fourth-order valence-corrected chi connectivity index (χ4v) is 12.1. The van der Waals surface area contributed by atoms with Gasteiger partial charge in [0, 0.05) is 9.58 Å². The second-order valence-corrected chi connectivity index (χ2v) is 12.1. The molecule has 0 bridgehead atoms. The van der Waals surface area contributed by atoms with Gasteiger partial charge in [0.2, 0.25) is 0 Å². The Morgan fingerprint density at radius 3 is 1.82 bits per heavy atom. The zero-order valence-corrected chi connectivity index (χ0v) is 17.1. The van der Waals surface area contributed by atoms with E-state index in [2.05, 4.69) is 109 Å². The molecular weight excluding hydrogens is 372 g/mol. The summed E-state index contributed by atoms with van der Waals surface area (Å²) in [6.45, 7) is 0. The molecule has 6 rings (SSSR count). The van der Waals surface area contributed by atoms with Crippen molar-refractivity contribution in [1.82, 2.24) is 0 Å². The van der Waals surface area contributed by atoms with Gasteiger partial charge < -0.3 is 0 Å². The molecule has 1 aliphatic rings. The van der Waals surface area contributed by atoms with Crippen LogP contribution < -0.4 is 20.7 Å². The standard InChI is InChI=1S/C26H18SSi/c1-3-11-19(12-4-1)28(20-13-5-2-6-14-20)24-18-10-8-16-22(24)25-26(28)21-15-7-9-17-23(21)27-25/h1-18H. The third-order valence-corrected chi connectivity index (χ3v) is 12.3. The average Bonchev–Trinajstić information content (AvgIpc) is 3.29. The Labute approximate surface area is 169 Å². The van der Waals surface area contributed by atoms with Crippen molar-refractivity contribution >= 4 is 50.2 Å². The minimum atomic E-state index is -2.33. The molecule has 0 nitrogen and oxygen atoms in total. The molecule has 0 spiro atoms. The summed E-state index contributed by atoms with van der Waals surface area (Å²) >= 11 is 1.96. The summed E-state index contributed by atoms with van der Waals surface area (Å²) in [4.78, 5) is 1.47. The monoisotopic (exact) mass is 390 g/mol. The van der Waals surface area contributed by atoms with Crippen LogP contribution in [0.4, 0.5) is 0 Å². The summed E-state index contributed by atoms with van der Waals surface area (Å²) in [6.07, 6.45) is 0. The Morgan fingerprint density at radius 2 is 1.11 bits per heavy atom. The average molecular weight is 391 g/mol. The molecule has 132 valence electrons. The first-order valence-corrected chi connectivity index (χ1v) is 12.5. The number of benzene rings is 4. The first-order chi connectivity index (χ1) is 13.9. The molecule has 0 N–H and O–H groups in total. The molecule has 2 heteroatoms. The molecule has 28 heavy (non-hydrogen) atoms. The Balaban J connectivity index is 1.87. The number of hydrogen-bond acceptors (Lipinski definition) is 1. The van der Waals surface area contributed by atoms with Crippen LogP contribution in [0.1, 0.15) is 0 Å². The van der Waals surface area contributed by atoms with Crippen LogP contribution in [0, 0.1) is 0 Å². The van der Waals surface area contributed by atoms with Gasteiger partial charge in [-0.15, -0.1) is 11.3 Å². The predicted molar refractivity (Wildman–Crippen MR) is 124 cm³/mol. The Morgan fingerprint density at radius 1 is 0.536 bits per heavy atom. The summed E-state index contributed by atoms with van der Waals surface area (Å²) in [6, 6.07) is 40.5. The molecule has 0 fully saturated rings. The lowest BCUT2D eigenvalue weighted by molar-refractivity contribution is 1.70. The van der Waals surface area contributed by atoms with Crippen LogP contribution >= 0.6 is 11.3 Å². The maximum Gasteiger partial charge on any atom is 0.182 e. The van der Waals surface area contributed by atoms with Crippen molar-refractivity contribution < 1.29 is 0 Å². The summed E-state index contributed by atoms with van der Waals surface area (Å²) in [5, 5.41) is 7.47. The van der Waals surface area contributed by atoms with E-state index in [0.29, 0.717) is 0 Å². The molecule has 0 radical (unpaired) electrons. The van der Waals surface area contributed by atoms with Gasteiger partial charge in [0.1, 0.15) is 0 Å². The molecule has 0 atom stereocenters. The lowest BCUT2D eigenvalue weighted by Crippen LogP contribution is -2.72. The van der Waals surface area contributed by atoms with E-state index >= 15 is 0 Å². The zero-order chi connectivity index (χ0) is 18.6. The van der Waals surface area contributed by atoms with E-state index in [1.807, 2.05) is 11.3 Å². The highest BCUT2D eigenvalue weighted by Gasteiger charge is 2.50. The molecule has 0 unspecified atom stereocenters. The molecule has 4 aromatic carbocycles. The minimum absolute atomic E-state index is 1.39. The number of hydrogen-bond donors (Lipinski definition) is 0. The van der Waals surface area contributed by atoms with E-state index in [1.54, 1.807) is 5.19 Å². The lowest BCUT2D eigenvalue weighted by atomic mass is 10.2. The molecular formula is C26H18SSi. The van der Waals surface area contributed by atoms with Crippen molar-refractivity contribution in [1.29, 1.82) is 0 Å². The summed E-state index contributed by atoms with van der Waals surface area (Å²) in [7, 11) is -2.33. The quantitative estimate of drug-likeness (QED) is 0.388. The van der Waals surface area contributed by atoms with Crippen molar-refractivity contribution in [3.63, 3.8) is 0 Å². The largest absolute Gasteiger partial charge is 0.182 e. The van der Waals surface area contributed by atoms with Gasteiger partial charge in [0.25, 0.3) is 0 Å². The highest BCUT2D eigenvalue weighted by atomic mass is 32.1. The Hall–Kier alpha value is -2.94. The molecule has 2 heterocycles. The van der Waals surface area contributed by atoms with Gasteiger partial charge in [-0.2, -0.15) is 0 Å². The topological polar surface area (TPSA) is 0 Å². The maximum absolute atomic E-state index is 2.38. The van der Waals surface area contributed by atoms with Gasteiger partial charge >= 0.3 is 0 Å². The highest BCUT2D eigenvalue weighted by Crippen LogP contribution is 2.38. The smallest absolute Gasteiger partial charge is 0.135 e. The van der Waals surface area contributed by atoms with E-state index in [0.717, 1.165) is 0 Å².